The van der Waals surface area contributed by atoms with E-state index in [1.807, 2.05) is 33.3 Å². The minimum absolute atomic E-state index is 0.0686. The van der Waals surface area contributed by atoms with Crippen LogP contribution in [0.4, 0.5) is 5.88 Å². The molecule has 2 aromatic heterocycles. The lowest BCUT2D eigenvalue weighted by Crippen LogP contribution is -2.56. The van der Waals surface area contributed by atoms with E-state index >= 15 is 0 Å². The van der Waals surface area contributed by atoms with E-state index in [4.69, 9.17) is 4.52 Å². The van der Waals surface area contributed by atoms with Gasteiger partial charge in [0.15, 0.2) is 0 Å². The second kappa shape index (κ2) is 7.37. The van der Waals surface area contributed by atoms with Crippen LogP contribution in [-0.4, -0.2) is 62.1 Å². The normalized spacial score (nSPS) is 20.6. The predicted octanol–water partition coefficient (Wildman–Crippen LogP) is 1.25. The number of hydrogen-bond acceptors (Lipinski definition) is 6. The molecule has 0 saturated carbocycles. The first kappa shape index (κ1) is 17.6. The van der Waals surface area contributed by atoms with Gasteiger partial charge in [-0.05, 0) is 20.8 Å². The molecule has 1 saturated heterocycles. The summed E-state index contributed by atoms with van der Waals surface area (Å²) in [5.41, 5.74) is 0.750. The van der Waals surface area contributed by atoms with Crippen LogP contribution in [0.25, 0.3) is 0 Å². The number of carbonyl (C=O) groups excluding carboxylic acids is 1. The number of rotatable bonds is 5. The van der Waals surface area contributed by atoms with E-state index in [0.717, 1.165) is 37.7 Å². The van der Waals surface area contributed by atoms with E-state index in [2.05, 4.69) is 36.7 Å². The molecule has 1 amide bonds. The highest BCUT2D eigenvalue weighted by atomic mass is 16.5. The summed E-state index contributed by atoms with van der Waals surface area (Å²) in [4.78, 5) is 21.5. The lowest BCUT2D eigenvalue weighted by Gasteiger charge is -2.41. The fraction of sp³-hybridized carbons (Fsp3) is 0.588. The first-order chi connectivity index (χ1) is 11.9. The maximum absolute atomic E-state index is 12.4. The van der Waals surface area contributed by atoms with Gasteiger partial charge in [-0.25, -0.2) is 4.98 Å². The molecule has 0 aromatic carbocycles. The van der Waals surface area contributed by atoms with E-state index in [0.29, 0.717) is 11.9 Å². The van der Waals surface area contributed by atoms with Crippen LogP contribution in [0.5, 0.6) is 0 Å². The van der Waals surface area contributed by atoms with Crippen LogP contribution >= 0.6 is 0 Å². The zero-order valence-electron chi connectivity index (χ0n) is 15.3. The molecule has 8 heteroatoms. The highest BCUT2D eigenvalue weighted by Gasteiger charge is 2.30. The largest absolute Gasteiger partial charge is 0.338 e. The summed E-state index contributed by atoms with van der Waals surface area (Å²) in [5.74, 6) is 1.39. The minimum atomic E-state index is -0.219. The van der Waals surface area contributed by atoms with Gasteiger partial charge in [0, 0.05) is 51.2 Å². The molecule has 0 bridgehead atoms. The molecule has 136 valence electrons. The van der Waals surface area contributed by atoms with Crippen molar-refractivity contribution < 1.29 is 9.32 Å². The highest BCUT2D eigenvalue weighted by molar-refractivity contribution is 5.93. The molecule has 1 N–H and O–H groups in total. The van der Waals surface area contributed by atoms with Gasteiger partial charge < -0.3 is 9.09 Å². The van der Waals surface area contributed by atoms with Crippen molar-refractivity contribution >= 4 is 11.8 Å². The molecule has 0 aliphatic carbocycles. The zero-order chi connectivity index (χ0) is 18.0. The van der Waals surface area contributed by atoms with Gasteiger partial charge in [0.05, 0.1) is 18.3 Å². The number of aromatic nitrogens is 3. The minimum Gasteiger partial charge on any atom is -0.338 e. The molecule has 3 rings (SSSR count). The Hall–Kier alpha value is -2.19. The SMILES string of the molecule is Cc1cc(NC(=O)[C@@H](C)N2CCN(Cc3nccn3C)[C@H](C)C2)on1. The number of nitrogens with zero attached hydrogens (tertiary/aromatic N) is 5. The quantitative estimate of drug-likeness (QED) is 0.878. The van der Waals surface area contributed by atoms with Crippen molar-refractivity contribution in [2.24, 2.45) is 7.05 Å². The van der Waals surface area contributed by atoms with Gasteiger partial charge in [0.1, 0.15) is 5.82 Å². The molecule has 25 heavy (non-hydrogen) atoms. The molecular formula is C17H26N6O2. The summed E-state index contributed by atoms with van der Waals surface area (Å²) in [6.45, 7) is 9.38. The van der Waals surface area contributed by atoms with Crippen LogP contribution in [0.1, 0.15) is 25.4 Å². The van der Waals surface area contributed by atoms with E-state index in [1.54, 1.807) is 6.07 Å². The molecule has 2 aromatic rings. The average molecular weight is 346 g/mol. The first-order valence-electron chi connectivity index (χ1n) is 8.62. The fourth-order valence-electron chi connectivity index (χ4n) is 3.15. The van der Waals surface area contributed by atoms with Gasteiger partial charge in [-0.3, -0.25) is 19.9 Å². The van der Waals surface area contributed by atoms with Crippen LogP contribution in [0.15, 0.2) is 23.0 Å². The van der Waals surface area contributed by atoms with E-state index in [1.165, 1.54) is 0 Å². The monoisotopic (exact) mass is 346 g/mol. The van der Waals surface area contributed by atoms with Gasteiger partial charge in [0.25, 0.3) is 0 Å². The molecule has 1 aliphatic rings. The third-order valence-corrected chi connectivity index (χ3v) is 4.86. The van der Waals surface area contributed by atoms with Crippen LogP contribution in [0, 0.1) is 6.92 Å². The Morgan fingerprint density at radius 1 is 1.48 bits per heavy atom. The summed E-state index contributed by atoms with van der Waals surface area (Å²) in [6.07, 6.45) is 3.79. The predicted molar refractivity (Wildman–Crippen MR) is 94.0 cm³/mol. The smallest absolute Gasteiger partial charge is 0.243 e. The highest BCUT2D eigenvalue weighted by Crippen LogP contribution is 2.16. The van der Waals surface area contributed by atoms with Crippen molar-refractivity contribution in [3.05, 3.63) is 30.0 Å². The summed E-state index contributed by atoms with van der Waals surface area (Å²) in [6, 6.07) is 1.86. The summed E-state index contributed by atoms with van der Waals surface area (Å²) in [5, 5.41) is 6.58. The summed E-state index contributed by atoms with van der Waals surface area (Å²) in [7, 11) is 2.01. The number of hydrogen-bond donors (Lipinski definition) is 1. The van der Waals surface area contributed by atoms with Crippen LogP contribution in [0.2, 0.25) is 0 Å². The third kappa shape index (κ3) is 4.08. The number of nitrogens with one attached hydrogen (secondary N) is 1. The van der Waals surface area contributed by atoms with Crippen molar-refractivity contribution in [1.29, 1.82) is 0 Å². The molecule has 8 nitrogen and oxygen atoms in total. The molecule has 1 aliphatic heterocycles. The van der Waals surface area contributed by atoms with Gasteiger partial charge in [0.2, 0.25) is 11.8 Å². The van der Waals surface area contributed by atoms with Crippen LogP contribution in [-0.2, 0) is 18.4 Å². The number of amides is 1. The van der Waals surface area contributed by atoms with Crippen molar-refractivity contribution in [1.82, 2.24) is 24.5 Å². The first-order valence-corrected chi connectivity index (χ1v) is 8.62. The van der Waals surface area contributed by atoms with Crippen molar-refractivity contribution in [2.45, 2.75) is 39.4 Å². The Morgan fingerprint density at radius 2 is 2.28 bits per heavy atom. The van der Waals surface area contributed by atoms with Gasteiger partial charge >= 0.3 is 0 Å². The Kier molecular flexibility index (Phi) is 5.19. The van der Waals surface area contributed by atoms with E-state index in [-0.39, 0.29) is 11.9 Å². The number of anilines is 1. The van der Waals surface area contributed by atoms with E-state index in [9.17, 15) is 4.79 Å². The molecule has 0 radical (unpaired) electrons. The van der Waals surface area contributed by atoms with Gasteiger partial charge in [-0.2, -0.15) is 0 Å². The molecule has 0 unspecified atom stereocenters. The number of imidazole rings is 1. The maximum Gasteiger partial charge on any atom is 0.243 e. The second-order valence-electron chi connectivity index (χ2n) is 6.77. The Bertz CT molecular complexity index is 724. The van der Waals surface area contributed by atoms with Crippen molar-refractivity contribution in [3.8, 4) is 0 Å². The van der Waals surface area contributed by atoms with E-state index < -0.39 is 0 Å². The molecule has 2 atom stereocenters. The lowest BCUT2D eigenvalue weighted by atomic mass is 10.1. The fourth-order valence-corrected chi connectivity index (χ4v) is 3.15. The molecule has 0 spiro atoms. The molecular weight excluding hydrogens is 320 g/mol. The van der Waals surface area contributed by atoms with Gasteiger partial charge in [-0.1, -0.05) is 5.16 Å². The maximum atomic E-state index is 12.4. The standard InChI is InChI=1S/C17H26N6O2/c1-12-9-16(25-20-12)19-17(24)14(3)23-8-7-22(13(2)10-23)11-15-18-5-6-21(15)4/h5-6,9,13-14H,7-8,10-11H2,1-4H3,(H,19,24)/t13-,14-/m1/s1. The number of aryl methyl sites for hydroxylation is 2. The third-order valence-electron chi connectivity index (χ3n) is 4.86. The van der Waals surface area contributed by atoms with Crippen molar-refractivity contribution in [3.63, 3.8) is 0 Å². The summed E-state index contributed by atoms with van der Waals surface area (Å²) < 4.78 is 7.11. The Labute approximate surface area is 147 Å². The lowest BCUT2D eigenvalue weighted by molar-refractivity contribution is -0.122. The zero-order valence-corrected chi connectivity index (χ0v) is 15.3. The number of carbonyl (C=O) groups is 1. The average Bonchev–Trinajstić information content (AvgIpc) is 3.17. The molecule has 1 fully saturated rings. The van der Waals surface area contributed by atoms with Gasteiger partial charge in [-0.15, -0.1) is 0 Å². The second-order valence-corrected chi connectivity index (χ2v) is 6.77. The number of piperazine rings is 1. The van der Waals surface area contributed by atoms with Crippen LogP contribution < -0.4 is 5.32 Å². The molecule has 3 heterocycles. The Morgan fingerprint density at radius 3 is 2.88 bits per heavy atom. The van der Waals surface area contributed by atoms with Crippen molar-refractivity contribution in [2.75, 3.05) is 25.0 Å². The Balaban J connectivity index is 1.54. The topological polar surface area (TPSA) is 79.4 Å². The summed E-state index contributed by atoms with van der Waals surface area (Å²) >= 11 is 0. The van der Waals surface area contributed by atoms with Crippen LogP contribution in [0.3, 0.4) is 0 Å².